The summed E-state index contributed by atoms with van der Waals surface area (Å²) >= 11 is 5.89. The van der Waals surface area contributed by atoms with Crippen LogP contribution in [-0.2, 0) is 21.2 Å². The summed E-state index contributed by atoms with van der Waals surface area (Å²) < 4.78 is 33.3. The third-order valence-electron chi connectivity index (χ3n) is 6.79. The molecule has 9 nitrogen and oxygen atoms in total. The Morgan fingerprint density at radius 3 is 2.46 bits per heavy atom. The maximum Gasteiger partial charge on any atom is 0.253 e. The molecule has 37 heavy (non-hydrogen) atoms. The Hall–Kier alpha value is -2.95. The van der Waals surface area contributed by atoms with Crippen LogP contribution in [-0.4, -0.2) is 80.4 Å². The number of piperidine rings is 1. The van der Waals surface area contributed by atoms with Crippen LogP contribution >= 0.6 is 11.6 Å². The highest BCUT2D eigenvalue weighted by Gasteiger charge is 2.47. The van der Waals surface area contributed by atoms with Crippen molar-refractivity contribution in [3.05, 3.63) is 64.2 Å². The summed E-state index contributed by atoms with van der Waals surface area (Å²) in [5.41, 5.74) is 1.38. The van der Waals surface area contributed by atoms with Gasteiger partial charge in [0.25, 0.3) is 11.8 Å². The average molecular weight is 547 g/mol. The zero-order chi connectivity index (χ0) is 26.8. The number of halogens is 1. The summed E-state index contributed by atoms with van der Waals surface area (Å²) in [5.74, 6) is 0.683. The Kier molecular flexibility index (Phi) is 7.91. The minimum Gasteiger partial charge on any atom is -0.486 e. The van der Waals surface area contributed by atoms with Crippen LogP contribution in [0.1, 0.15) is 34.3 Å². The molecule has 0 unspecified atom stereocenters. The standard InChI is InChI=1S/C26H31ClN4O5S/c1-18-16-20(24(32)30(2)3)5-4-19(18)10-15-37(34,35)31-13-11-26(12-14-31)25(33)28-23(29-26)17-36-22-8-6-21(27)7-9-22/h4-9,16H,10-15,17H2,1-3H3,(H,28,29,33). The maximum atomic E-state index is 13.1. The molecule has 1 fully saturated rings. The number of rotatable bonds is 8. The predicted octanol–water partition coefficient (Wildman–Crippen LogP) is 2.66. The molecule has 1 N–H and O–H groups in total. The van der Waals surface area contributed by atoms with Crippen molar-refractivity contribution < 1.29 is 22.7 Å². The molecule has 1 saturated heterocycles. The number of aryl methyl sites for hydroxylation is 2. The van der Waals surface area contributed by atoms with Gasteiger partial charge in [0.15, 0.2) is 0 Å². The molecule has 1 spiro atoms. The lowest BCUT2D eigenvalue weighted by Gasteiger charge is -2.34. The Bertz CT molecular complexity index is 1320. The summed E-state index contributed by atoms with van der Waals surface area (Å²) in [6.07, 6.45) is 0.961. The van der Waals surface area contributed by atoms with E-state index in [1.165, 1.54) is 9.21 Å². The molecule has 2 aliphatic heterocycles. The number of nitrogens with zero attached hydrogens (tertiary/aromatic N) is 3. The van der Waals surface area contributed by atoms with E-state index in [9.17, 15) is 18.0 Å². The van der Waals surface area contributed by atoms with Gasteiger partial charge in [-0.2, -0.15) is 0 Å². The molecule has 2 aromatic carbocycles. The summed E-state index contributed by atoms with van der Waals surface area (Å²) in [6, 6.07) is 12.2. The molecule has 2 heterocycles. The van der Waals surface area contributed by atoms with Crippen molar-refractivity contribution in [2.24, 2.45) is 4.99 Å². The normalized spacial score (nSPS) is 17.4. The lowest BCUT2D eigenvalue weighted by Crippen LogP contribution is -2.51. The second-order valence-electron chi connectivity index (χ2n) is 9.59. The molecule has 4 rings (SSSR count). The minimum atomic E-state index is -3.52. The fourth-order valence-electron chi connectivity index (χ4n) is 4.54. The number of ether oxygens (including phenoxy) is 1. The molecule has 0 atom stereocenters. The third kappa shape index (κ3) is 6.14. The van der Waals surface area contributed by atoms with Crippen molar-refractivity contribution in [2.45, 2.75) is 31.7 Å². The number of carbonyl (C=O) groups is 2. The van der Waals surface area contributed by atoms with Crippen LogP contribution in [0.2, 0.25) is 5.02 Å². The van der Waals surface area contributed by atoms with Crippen molar-refractivity contribution in [3.8, 4) is 5.75 Å². The Morgan fingerprint density at radius 1 is 1.16 bits per heavy atom. The summed E-state index contributed by atoms with van der Waals surface area (Å²) in [7, 11) is -0.139. The van der Waals surface area contributed by atoms with Crippen molar-refractivity contribution in [3.63, 3.8) is 0 Å². The summed E-state index contributed by atoms with van der Waals surface area (Å²) in [6.45, 7) is 2.43. The van der Waals surface area contributed by atoms with Gasteiger partial charge in [-0.15, -0.1) is 0 Å². The highest BCUT2D eigenvalue weighted by atomic mass is 35.5. The monoisotopic (exact) mass is 546 g/mol. The Morgan fingerprint density at radius 2 is 1.84 bits per heavy atom. The molecule has 0 saturated carbocycles. The zero-order valence-corrected chi connectivity index (χ0v) is 22.7. The highest BCUT2D eigenvalue weighted by molar-refractivity contribution is 7.89. The van der Waals surface area contributed by atoms with Gasteiger partial charge in [0.05, 0.1) is 5.75 Å². The van der Waals surface area contributed by atoms with Crippen molar-refractivity contribution in [2.75, 3.05) is 39.5 Å². The maximum absolute atomic E-state index is 13.1. The van der Waals surface area contributed by atoms with Gasteiger partial charge < -0.3 is 15.0 Å². The van der Waals surface area contributed by atoms with Crippen LogP contribution in [0.15, 0.2) is 47.5 Å². The molecule has 0 bridgehead atoms. The second-order valence-corrected chi connectivity index (χ2v) is 12.1. The van der Waals surface area contributed by atoms with E-state index in [4.69, 9.17) is 16.3 Å². The SMILES string of the molecule is Cc1cc(C(=O)N(C)C)ccc1CCS(=O)(=O)N1CCC2(CC1)N=C(COc1ccc(Cl)cc1)NC2=O. The van der Waals surface area contributed by atoms with E-state index in [2.05, 4.69) is 10.3 Å². The van der Waals surface area contributed by atoms with Crippen molar-refractivity contribution in [1.82, 2.24) is 14.5 Å². The van der Waals surface area contributed by atoms with Crippen LogP contribution in [0.5, 0.6) is 5.75 Å². The highest BCUT2D eigenvalue weighted by Crippen LogP contribution is 2.31. The number of hydrogen-bond acceptors (Lipinski definition) is 6. The van der Waals surface area contributed by atoms with Gasteiger partial charge >= 0.3 is 0 Å². The van der Waals surface area contributed by atoms with Crippen LogP contribution in [0.3, 0.4) is 0 Å². The van der Waals surface area contributed by atoms with Crippen LogP contribution in [0.4, 0.5) is 0 Å². The van der Waals surface area contributed by atoms with Gasteiger partial charge in [-0.25, -0.2) is 12.7 Å². The lowest BCUT2D eigenvalue weighted by molar-refractivity contribution is -0.124. The smallest absolute Gasteiger partial charge is 0.253 e. The molecule has 198 valence electrons. The van der Waals surface area contributed by atoms with Gasteiger partial charge in [-0.1, -0.05) is 17.7 Å². The van der Waals surface area contributed by atoms with Crippen molar-refractivity contribution in [1.29, 1.82) is 0 Å². The van der Waals surface area contributed by atoms with E-state index < -0.39 is 15.6 Å². The largest absolute Gasteiger partial charge is 0.486 e. The van der Waals surface area contributed by atoms with Crippen molar-refractivity contribution >= 4 is 39.3 Å². The van der Waals surface area contributed by atoms with Gasteiger partial charge in [0.1, 0.15) is 23.7 Å². The summed E-state index contributed by atoms with van der Waals surface area (Å²) in [5, 5.41) is 3.39. The van der Waals surface area contributed by atoms with E-state index >= 15 is 0 Å². The fourth-order valence-corrected chi connectivity index (χ4v) is 6.15. The number of aliphatic imine (C=N–C) groups is 1. The molecule has 11 heteroatoms. The predicted molar refractivity (Wildman–Crippen MR) is 143 cm³/mol. The first-order valence-electron chi connectivity index (χ1n) is 12.1. The van der Waals surface area contributed by atoms with Gasteiger partial charge in [0.2, 0.25) is 10.0 Å². The topological polar surface area (TPSA) is 108 Å². The van der Waals surface area contributed by atoms with E-state index in [1.54, 1.807) is 50.5 Å². The van der Waals surface area contributed by atoms with Crippen LogP contribution in [0, 0.1) is 6.92 Å². The first kappa shape index (κ1) is 27.1. The molecular weight excluding hydrogens is 516 g/mol. The van der Waals surface area contributed by atoms with Crippen LogP contribution in [0.25, 0.3) is 0 Å². The molecular formula is C26H31ClN4O5S. The number of amides is 2. The van der Waals surface area contributed by atoms with E-state index in [1.807, 2.05) is 13.0 Å². The van der Waals surface area contributed by atoms with E-state index in [-0.39, 0.29) is 37.3 Å². The minimum absolute atomic E-state index is 0.0442. The van der Waals surface area contributed by atoms with Gasteiger partial charge in [-0.05, 0) is 73.7 Å². The number of hydrogen-bond donors (Lipinski definition) is 1. The molecule has 2 aromatic rings. The molecule has 2 aliphatic rings. The Balaban J connectivity index is 1.33. The number of carbonyl (C=O) groups excluding carboxylic acids is 2. The molecule has 2 amide bonds. The lowest BCUT2D eigenvalue weighted by atomic mass is 9.89. The fraction of sp³-hybridized carbons (Fsp3) is 0.423. The summed E-state index contributed by atoms with van der Waals surface area (Å²) in [4.78, 5) is 31.0. The number of amidine groups is 1. The van der Waals surface area contributed by atoms with Gasteiger partial charge in [0, 0.05) is 37.8 Å². The van der Waals surface area contributed by atoms with Gasteiger partial charge in [-0.3, -0.25) is 14.6 Å². The number of sulfonamides is 1. The first-order chi connectivity index (χ1) is 17.5. The molecule has 0 aromatic heterocycles. The quantitative estimate of drug-likeness (QED) is 0.547. The number of benzene rings is 2. The number of nitrogens with one attached hydrogen (secondary N) is 1. The Labute approximate surface area is 222 Å². The van der Waals surface area contributed by atoms with E-state index in [0.29, 0.717) is 41.4 Å². The second kappa shape index (κ2) is 10.8. The zero-order valence-electron chi connectivity index (χ0n) is 21.2. The third-order valence-corrected chi connectivity index (χ3v) is 8.91. The van der Waals surface area contributed by atoms with Crippen LogP contribution < -0.4 is 10.1 Å². The molecule has 0 radical (unpaired) electrons. The first-order valence-corrected chi connectivity index (χ1v) is 14.1. The average Bonchev–Trinajstić information content (AvgIpc) is 3.16. The molecule has 0 aliphatic carbocycles. The van der Waals surface area contributed by atoms with E-state index in [0.717, 1.165) is 11.1 Å².